The second-order valence-corrected chi connectivity index (χ2v) is 3.96. The van der Waals surface area contributed by atoms with E-state index in [1.54, 1.807) is 0 Å². The largest absolute Gasteiger partial charge is 0.456 e. The molecule has 3 rings (SSSR count). The molecule has 2 bridgehead atoms. The zero-order valence-electron chi connectivity index (χ0n) is 7.64. The molecule has 0 aromatic rings. The standard InChI is InChI=1S/C9H10O5/c1-3(10)12-7-5-2-4-6(13-5)8(7)14-9(4)11/h4-8H,2H2,1H3. The highest BCUT2D eigenvalue weighted by atomic mass is 16.7. The van der Waals surface area contributed by atoms with E-state index in [-0.39, 0.29) is 42.3 Å². The van der Waals surface area contributed by atoms with Crippen molar-refractivity contribution in [3.63, 3.8) is 0 Å². The van der Waals surface area contributed by atoms with Gasteiger partial charge in [-0.05, 0) is 6.42 Å². The number of esters is 2. The summed E-state index contributed by atoms with van der Waals surface area (Å²) in [5.74, 6) is -0.695. The number of hydrogen-bond donors (Lipinski definition) is 0. The lowest BCUT2D eigenvalue weighted by atomic mass is 9.88. The molecule has 0 N–H and O–H groups in total. The Morgan fingerprint density at radius 1 is 1.50 bits per heavy atom. The monoisotopic (exact) mass is 198 g/mol. The number of carbonyl (C=O) groups is 2. The highest BCUT2D eigenvalue weighted by Gasteiger charge is 2.64. The predicted octanol–water partition coefficient (Wildman–Crippen LogP) is -0.369. The molecule has 0 aliphatic carbocycles. The van der Waals surface area contributed by atoms with Gasteiger partial charge in [-0.25, -0.2) is 0 Å². The number of rotatable bonds is 1. The third-order valence-electron chi connectivity index (χ3n) is 3.09. The Bertz CT molecular complexity index is 312. The Balaban J connectivity index is 1.85. The van der Waals surface area contributed by atoms with Gasteiger partial charge in [-0.1, -0.05) is 0 Å². The molecule has 0 saturated carbocycles. The smallest absolute Gasteiger partial charge is 0.312 e. The highest BCUT2D eigenvalue weighted by molar-refractivity contribution is 5.77. The van der Waals surface area contributed by atoms with E-state index in [0.29, 0.717) is 6.42 Å². The maximum absolute atomic E-state index is 11.3. The van der Waals surface area contributed by atoms with E-state index in [1.165, 1.54) is 6.92 Å². The summed E-state index contributed by atoms with van der Waals surface area (Å²) in [6.07, 6.45) is -0.463. The SMILES string of the molecule is CC(=O)OC1C2CC3C(=O)OC1C3O2. The van der Waals surface area contributed by atoms with Crippen LogP contribution in [0.3, 0.4) is 0 Å². The van der Waals surface area contributed by atoms with Crippen molar-refractivity contribution >= 4 is 11.9 Å². The zero-order chi connectivity index (χ0) is 9.87. The first kappa shape index (κ1) is 8.23. The van der Waals surface area contributed by atoms with Crippen LogP contribution in [0.1, 0.15) is 13.3 Å². The molecular weight excluding hydrogens is 188 g/mol. The molecular formula is C9H10O5. The molecule has 3 aliphatic rings. The molecule has 76 valence electrons. The van der Waals surface area contributed by atoms with E-state index in [4.69, 9.17) is 14.2 Å². The van der Waals surface area contributed by atoms with E-state index in [2.05, 4.69) is 0 Å². The van der Waals surface area contributed by atoms with E-state index in [1.807, 2.05) is 0 Å². The Kier molecular flexibility index (Phi) is 1.45. The Morgan fingerprint density at radius 3 is 3.00 bits per heavy atom. The van der Waals surface area contributed by atoms with Crippen molar-refractivity contribution in [1.29, 1.82) is 0 Å². The van der Waals surface area contributed by atoms with Crippen molar-refractivity contribution in [3.8, 4) is 0 Å². The number of ether oxygens (including phenoxy) is 3. The van der Waals surface area contributed by atoms with Gasteiger partial charge in [0.25, 0.3) is 0 Å². The van der Waals surface area contributed by atoms with Gasteiger partial charge in [0.2, 0.25) is 0 Å². The molecule has 3 fully saturated rings. The van der Waals surface area contributed by atoms with Gasteiger partial charge in [-0.3, -0.25) is 9.59 Å². The van der Waals surface area contributed by atoms with Crippen LogP contribution in [0.25, 0.3) is 0 Å². The molecule has 14 heavy (non-hydrogen) atoms. The van der Waals surface area contributed by atoms with E-state index >= 15 is 0 Å². The van der Waals surface area contributed by atoms with Crippen LogP contribution in [0.5, 0.6) is 0 Å². The third kappa shape index (κ3) is 0.877. The Labute approximate surface area is 80.3 Å². The van der Waals surface area contributed by atoms with Crippen LogP contribution in [-0.2, 0) is 23.8 Å². The topological polar surface area (TPSA) is 61.8 Å². The molecule has 0 amide bonds. The van der Waals surface area contributed by atoms with E-state index < -0.39 is 0 Å². The van der Waals surface area contributed by atoms with Crippen LogP contribution in [0, 0.1) is 5.92 Å². The average molecular weight is 198 g/mol. The predicted molar refractivity (Wildman–Crippen MR) is 42.2 cm³/mol. The normalized spacial score (nSPS) is 48.1. The average Bonchev–Trinajstić information content (AvgIpc) is 2.67. The maximum Gasteiger partial charge on any atom is 0.312 e. The fourth-order valence-electron chi connectivity index (χ4n) is 2.57. The molecule has 3 heterocycles. The summed E-state index contributed by atoms with van der Waals surface area (Å²) in [6, 6.07) is 0. The van der Waals surface area contributed by atoms with E-state index in [9.17, 15) is 9.59 Å². The van der Waals surface area contributed by atoms with Crippen LogP contribution in [0.15, 0.2) is 0 Å². The fourth-order valence-corrected chi connectivity index (χ4v) is 2.57. The second kappa shape index (κ2) is 2.48. The molecule has 0 aromatic carbocycles. The third-order valence-corrected chi connectivity index (χ3v) is 3.09. The molecule has 5 heteroatoms. The lowest BCUT2D eigenvalue weighted by Crippen LogP contribution is -2.39. The molecule has 5 nitrogen and oxygen atoms in total. The van der Waals surface area contributed by atoms with Crippen LogP contribution >= 0.6 is 0 Å². The first-order valence-electron chi connectivity index (χ1n) is 4.70. The summed E-state index contributed by atoms with van der Waals surface area (Å²) >= 11 is 0. The van der Waals surface area contributed by atoms with Crippen LogP contribution < -0.4 is 0 Å². The quantitative estimate of drug-likeness (QED) is 0.538. The number of fused-ring (bicyclic) bond motifs is 1. The van der Waals surface area contributed by atoms with Gasteiger partial charge in [0, 0.05) is 6.92 Å². The maximum atomic E-state index is 11.3. The molecule has 0 spiro atoms. The molecule has 5 unspecified atom stereocenters. The van der Waals surface area contributed by atoms with Gasteiger partial charge < -0.3 is 14.2 Å². The molecule has 3 saturated heterocycles. The summed E-state index contributed by atoms with van der Waals surface area (Å²) in [7, 11) is 0. The molecule has 5 atom stereocenters. The van der Waals surface area contributed by atoms with Crippen molar-refractivity contribution in [2.75, 3.05) is 0 Å². The van der Waals surface area contributed by atoms with Crippen molar-refractivity contribution in [2.45, 2.75) is 37.8 Å². The minimum atomic E-state index is -0.389. The van der Waals surface area contributed by atoms with Crippen LogP contribution in [-0.4, -0.2) is 36.4 Å². The molecule has 3 aliphatic heterocycles. The number of carbonyl (C=O) groups excluding carboxylic acids is 2. The minimum absolute atomic E-state index is 0.128. The zero-order valence-corrected chi connectivity index (χ0v) is 7.64. The summed E-state index contributed by atoms with van der Waals surface area (Å²) in [5.41, 5.74) is 0. The van der Waals surface area contributed by atoms with Gasteiger partial charge in [0.1, 0.15) is 6.10 Å². The highest BCUT2D eigenvalue weighted by Crippen LogP contribution is 2.47. The van der Waals surface area contributed by atoms with Crippen LogP contribution in [0.2, 0.25) is 0 Å². The summed E-state index contributed by atoms with van der Waals surface area (Å²) in [4.78, 5) is 22.1. The molecule has 0 radical (unpaired) electrons. The second-order valence-electron chi connectivity index (χ2n) is 3.96. The minimum Gasteiger partial charge on any atom is -0.456 e. The van der Waals surface area contributed by atoms with Gasteiger partial charge >= 0.3 is 11.9 Å². The van der Waals surface area contributed by atoms with E-state index in [0.717, 1.165) is 0 Å². The lowest BCUT2D eigenvalue weighted by Gasteiger charge is -2.21. The van der Waals surface area contributed by atoms with Crippen molar-refractivity contribution in [3.05, 3.63) is 0 Å². The van der Waals surface area contributed by atoms with Crippen molar-refractivity contribution in [1.82, 2.24) is 0 Å². The van der Waals surface area contributed by atoms with Gasteiger partial charge in [0.05, 0.1) is 12.0 Å². The first-order valence-corrected chi connectivity index (χ1v) is 4.70. The molecule has 0 aromatic heterocycles. The summed E-state index contributed by atoms with van der Waals surface area (Å²) < 4.78 is 15.7. The number of hydrogen-bond acceptors (Lipinski definition) is 5. The summed E-state index contributed by atoms with van der Waals surface area (Å²) in [5, 5.41) is 0. The Morgan fingerprint density at radius 2 is 2.29 bits per heavy atom. The van der Waals surface area contributed by atoms with Gasteiger partial charge in [-0.15, -0.1) is 0 Å². The van der Waals surface area contributed by atoms with Crippen molar-refractivity contribution in [2.24, 2.45) is 5.92 Å². The van der Waals surface area contributed by atoms with Gasteiger partial charge in [-0.2, -0.15) is 0 Å². The van der Waals surface area contributed by atoms with Crippen molar-refractivity contribution < 1.29 is 23.8 Å². The first-order chi connectivity index (χ1) is 6.66. The fraction of sp³-hybridized carbons (Fsp3) is 0.778. The van der Waals surface area contributed by atoms with Crippen LogP contribution in [0.4, 0.5) is 0 Å². The summed E-state index contributed by atoms with van der Waals surface area (Å²) in [6.45, 7) is 1.35. The Hall–Kier alpha value is -1.10. The van der Waals surface area contributed by atoms with Gasteiger partial charge in [0.15, 0.2) is 12.2 Å². The lowest BCUT2D eigenvalue weighted by molar-refractivity contribution is -0.158.